The van der Waals surface area contributed by atoms with Crippen molar-refractivity contribution in [2.24, 2.45) is 0 Å². The SMILES string of the molecule is COC(=O)c1c(C)ccc[n+]1O.COC(=O)c1ncccc1C. The van der Waals surface area contributed by atoms with E-state index in [1.54, 1.807) is 31.3 Å². The van der Waals surface area contributed by atoms with Crippen LogP contribution in [0.25, 0.3) is 0 Å². The van der Waals surface area contributed by atoms with Gasteiger partial charge in [0.25, 0.3) is 0 Å². The zero-order valence-corrected chi connectivity index (χ0v) is 13.4. The molecule has 0 aliphatic carbocycles. The molecule has 2 aromatic rings. The van der Waals surface area contributed by atoms with Crippen LogP contribution in [-0.4, -0.2) is 36.3 Å². The van der Waals surface area contributed by atoms with Crippen molar-refractivity contribution in [2.45, 2.75) is 13.8 Å². The number of hydrogen-bond acceptors (Lipinski definition) is 6. The molecule has 2 heterocycles. The third kappa shape index (κ3) is 4.77. The van der Waals surface area contributed by atoms with E-state index in [2.05, 4.69) is 14.5 Å². The average molecular weight is 319 g/mol. The van der Waals surface area contributed by atoms with Gasteiger partial charge in [-0.3, -0.25) is 5.21 Å². The normalized spacial score (nSPS) is 9.39. The molecular weight excluding hydrogens is 300 g/mol. The Morgan fingerprint density at radius 3 is 2.17 bits per heavy atom. The van der Waals surface area contributed by atoms with Gasteiger partial charge in [0.05, 0.1) is 14.2 Å². The fraction of sp³-hybridized carbons (Fsp3) is 0.250. The van der Waals surface area contributed by atoms with Crippen molar-refractivity contribution in [2.75, 3.05) is 14.2 Å². The highest BCUT2D eigenvalue weighted by molar-refractivity contribution is 5.88. The molecule has 0 unspecified atom stereocenters. The van der Waals surface area contributed by atoms with Gasteiger partial charge in [0, 0.05) is 22.6 Å². The summed E-state index contributed by atoms with van der Waals surface area (Å²) in [6, 6.07) is 6.96. The molecular formula is C16H19N2O5+. The van der Waals surface area contributed by atoms with Crippen LogP contribution in [0.1, 0.15) is 32.1 Å². The summed E-state index contributed by atoms with van der Waals surface area (Å²) in [6.07, 6.45) is 2.94. The Morgan fingerprint density at radius 2 is 1.65 bits per heavy atom. The number of rotatable bonds is 2. The molecule has 7 nitrogen and oxygen atoms in total. The highest BCUT2D eigenvalue weighted by Crippen LogP contribution is 2.03. The molecule has 122 valence electrons. The lowest BCUT2D eigenvalue weighted by molar-refractivity contribution is -0.906. The number of ether oxygens (including phenoxy) is 2. The van der Waals surface area contributed by atoms with Gasteiger partial charge in [-0.1, -0.05) is 6.07 Å². The molecule has 2 rings (SSSR count). The van der Waals surface area contributed by atoms with E-state index in [1.807, 2.05) is 13.0 Å². The Morgan fingerprint density at radius 1 is 1.04 bits per heavy atom. The summed E-state index contributed by atoms with van der Waals surface area (Å²) in [5, 5.41) is 9.21. The lowest BCUT2D eigenvalue weighted by atomic mass is 10.2. The highest BCUT2D eigenvalue weighted by atomic mass is 16.5. The first-order valence-electron chi connectivity index (χ1n) is 6.71. The summed E-state index contributed by atoms with van der Waals surface area (Å²) < 4.78 is 9.74. The molecule has 0 saturated heterocycles. The summed E-state index contributed by atoms with van der Waals surface area (Å²) in [4.78, 5) is 25.9. The quantitative estimate of drug-likeness (QED) is 0.512. The fourth-order valence-corrected chi connectivity index (χ4v) is 1.75. The zero-order chi connectivity index (χ0) is 17.4. The van der Waals surface area contributed by atoms with Gasteiger partial charge in [-0.25, -0.2) is 14.6 Å². The molecule has 0 amide bonds. The fourth-order valence-electron chi connectivity index (χ4n) is 1.75. The van der Waals surface area contributed by atoms with Crippen molar-refractivity contribution >= 4 is 11.9 Å². The van der Waals surface area contributed by atoms with Crippen LogP contribution in [-0.2, 0) is 9.47 Å². The molecule has 0 radical (unpaired) electrons. The second kappa shape index (κ2) is 8.47. The van der Waals surface area contributed by atoms with E-state index in [-0.39, 0.29) is 11.7 Å². The number of carbonyl (C=O) groups excluding carboxylic acids is 2. The smallest absolute Gasteiger partial charge is 0.408 e. The van der Waals surface area contributed by atoms with Crippen LogP contribution < -0.4 is 4.73 Å². The molecule has 0 aromatic carbocycles. The van der Waals surface area contributed by atoms with E-state index < -0.39 is 5.97 Å². The van der Waals surface area contributed by atoms with Gasteiger partial charge in [-0.15, -0.1) is 0 Å². The monoisotopic (exact) mass is 319 g/mol. The van der Waals surface area contributed by atoms with Crippen molar-refractivity contribution in [1.29, 1.82) is 0 Å². The molecule has 0 aliphatic rings. The second-order valence-electron chi connectivity index (χ2n) is 4.54. The molecule has 1 N–H and O–H groups in total. The third-order valence-corrected chi connectivity index (χ3v) is 2.94. The number of esters is 2. The molecule has 0 atom stereocenters. The minimum atomic E-state index is -0.546. The Labute approximate surface area is 134 Å². The lowest BCUT2D eigenvalue weighted by Crippen LogP contribution is -2.38. The van der Waals surface area contributed by atoms with E-state index in [0.717, 1.165) is 10.3 Å². The number of aryl methyl sites for hydroxylation is 2. The Hall–Kier alpha value is -2.96. The van der Waals surface area contributed by atoms with Crippen LogP contribution in [0.5, 0.6) is 0 Å². The Balaban J connectivity index is 0.000000231. The maximum Gasteiger partial charge on any atom is 0.408 e. The van der Waals surface area contributed by atoms with Gasteiger partial charge >= 0.3 is 17.6 Å². The summed E-state index contributed by atoms with van der Waals surface area (Å²) in [6.45, 7) is 3.54. The molecule has 0 bridgehead atoms. The van der Waals surface area contributed by atoms with Gasteiger partial charge in [-0.05, 0) is 31.5 Å². The van der Waals surface area contributed by atoms with Crippen molar-refractivity contribution in [3.05, 3.63) is 59.2 Å². The minimum absolute atomic E-state index is 0.153. The highest BCUT2D eigenvalue weighted by Gasteiger charge is 2.22. The zero-order valence-electron chi connectivity index (χ0n) is 13.4. The number of methoxy groups -OCH3 is 2. The van der Waals surface area contributed by atoms with Gasteiger partial charge < -0.3 is 9.47 Å². The van der Waals surface area contributed by atoms with Gasteiger partial charge in [0.1, 0.15) is 0 Å². The van der Waals surface area contributed by atoms with Crippen molar-refractivity contribution < 1.29 is 29.0 Å². The first-order chi connectivity index (χ1) is 10.9. The van der Waals surface area contributed by atoms with Crippen LogP contribution >= 0.6 is 0 Å². The van der Waals surface area contributed by atoms with Gasteiger partial charge in [0.15, 0.2) is 5.69 Å². The van der Waals surface area contributed by atoms with E-state index >= 15 is 0 Å². The van der Waals surface area contributed by atoms with Gasteiger partial charge in [-0.2, -0.15) is 0 Å². The maximum atomic E-state index is 11.1. The first-order valence-corrected chi connectivity index (χ1v) is 6.71. The van der Waals surface area contributed by atoms with Gasteiger partial charge in [0.2, 0.25) is 6.20 Å². The molecule has 0 aliphatic heterocycles. The van der Waals surface area contributed by atoms with Crippen molar-refractivity contribution in [3.8, 4) is 0 Å². The largest absolute Gasteiger partial charge is 0.464 e. The summed E-state index contributed by atoms with van der Waals surface area (Å²) in [7, 11) is 2.62. The number of aromatic nitrogens is 2. The van der Waals surface area contributed by atoms with Crippen LogP contribution in [0.15, 0.2) is 36.7 Å². The standard InChI is InChI=1S/C8H10NO3.C8H9NO2/c1-6-4-3-5-9(11)7(6)8(10)12-2;1-6-4-3-5-9-7(6)8(10)11-2/h3-5,11H,1-2H3;3-5H,1-2H3/q+1;. The molecule has 0 fully saturated rings. The van der Waals surface area contributed by atoms with E-state index in [9.17, 15) is 14.8 Å². The molecule has 23 heavy (non-hydrogen) atoms. The minimum Gasteiger partial charge on any atom is -0.464 e. The predicted octanol–water partition coefficient (Wildman–Crippen LogP) is 1.48. The predicted molar refractivity (Wildman–Crippen MR) is 80.2 cm³/mol. The van der Waals surface area contributed by atoms with E-state index in [1.165, 1.54) is 20.4 Å². The van der Waals surface area contributed by atoms with Crippen LogP contribution in [0, 0.1) is 13.8 Å². The first kappa shape index (κ1) is 18.1. The average Bonchev–Trinajstić information content (AvgIpc) is 2.54. The third-order valence-electron chi connectivity index (χ3n) is 2.94. The molecule has 2 aromatic heterocycles. The number of nitrogens with zero attached hydrogens (tertiary/aromatic N) is 2. The van der Waals surface area contributed by atoms with Crippen molar-refractivity contribution in [3.63, 3.8) is 0 Å². The molecule has 0 spiro atoms. The second-order valence-corrected chi connectivity index (χ2v) is 4.54. The Bertz CT molecular complexity index is 680. The number of carbonyl (C=O) groups is 2. The van der Waals surface area contributed by atoms with Crippen LogP contribution in [0.4, 0.5) is 0 Å². The summed E-state index contributed by atoms with van der Waals surface area (Å²) >= 11 is 0. The molecule has 0 saturated carbocycles. The van der Waals surface area contributed by atoms with Crippen molar-refractivity contribution in [1.82, 2.24) is 4.98 Å². The topological polar surface area (TPSA) is 89.6 Å². The number of hydrogen-bond donors (Lipinski definition) is 1. The molecule has 7 heteroatoms. The summed E-state index contributed by atoms with van der Waals surface area (Å²) in [5.74, 6) is -0.932. The lowest BCUT2D eigenvalue weighted by Gasteiger charge is -1.99. The van der Waals surface area contributed by atoms with Crippen LogP contribution in [0.2, 0.25) is 0 Å². The number of pyridine rings is 2. The van der Waals surface area contributed by atoms with Crippen LogP contribution in [0.3, 0.4) is 0 Å². The van der Waals surface area contributed by atoms with E-state index in [0.29, 0.717) is 11.3 Å². The summed E-state index contributed by atoms with van der Waals surface area (Å²) in [5.41, 5.74) is 2.04. The van der Waals surface area contributed by atoms with E-state index in [4.69, 9.17) is 0 Å². The maximum absolute atomic E-state index is 11.1. The Kier molecular flexibility index (Phi) is 6.67.